The number of piperazine rings is 1. The second kappa shape index (κ2) is 7.19. The summed E-state index contributed by atoms with van der Waals surface area (Å²) in [6.07, 6.45) is 1.91. The second-order valence-corrected chi connectivity index (χ2v) is 6.55. The highest BCUT2D eigenvalue weighted by Gasteiger charge is 2.18. The zero-order chi connectivity index (χ0) is 17.9. The number of hydrogen-bond donors (Lipinski definition) is 2. The molecule has 1 aliphatic rings. The van der Waals surface area contributed by atoms with Gasteiger partial charge < -0.3 is 25.8 Å². The Bertz CT molecular complexity index is 886. The van der Waals surface area contributed by atoms with E-state index in [1.54, 1.807) is 6.07 Å². The van der Waals surface area contributed by atoms with Gasteiger partial charge in [-0.25, -0.2) is 4.52 Å². The summed E-state index contributed by atoms with van der Waals surface area (Å²) in [4.78, 5) is 9.27. The lowest BCUT2D eigenvalue weighted by molar-refractivity contribution is 0.311. The van der Waals surface area contributed by atoms with E-state index in [1.807, 2.05) is 46.5 Å². The smallest absolute Gasteiger partial charge is 0.245 e. The Hall–Kier alpha value is -2.84. The molecule has 26 heavy (non-hydrogen) atoms. The van der Waals surface area contributed by atoms with Crippen molar-refractivity contribution in [3.05, 3.63) is 53.4 Å². The van der Waals surface area contributed by atoms with Gasteiger partial charge >= 0.3 is 0 Å². The van der Waals surface area contributed by atoms with Crippen molar-refractivity contribution in [3.8, 4) is 0 Å². The van der Waals surface area contributed by atoms with Crippen LogP contribution in [0.3, 0.4) is 0 Å². The van der Waals surface area contributed by atoms with Crippen molar-refractivity contribution in [1.82, 2.24) is 19.5 Å². The first kappa shape index (κ1) is 16.6. The first-order chi connectivity index (χ1) is 12.7. The molecule has 2 aromatic heterocycles. The van der Waals surface area contributed by atoms with E-state index in [2.05, 4.69) is 27.3 Å². The van der Waals surface area contributed by atoms with Gasteiger partial charge in [-0.05, 0) is 36.9 Å². The lowest BCUT2D eigenvalue weighted by Gasteiger charge is -2.31. The van der Waals surface area contributed by atoms with Gasteiger partial charge in [0.2, 0.25) is 5.95 Å². The number of benzene rings is 1. The summed E-state index contributed by atoms with van der Waals surface area (Å²) in [7, 11) is 2.13. The van der Waals surface area contributed by atoms with Gasteiger partial charge in [0.1, 0.15) is 0 Å². The third kappa shape index (κ3) is 3.42. The minimum atomic E-state index is 0.558. The van der Waals surface area contributed by atoms with E-state index in [1.165, 1.54) is 0 Å². The third-order valence-electron chi connectivity index (χ3n) is 4.67. The first-order valence-electron chi connectivity index (χ1n) is 8.73. The van der Waals surface area contributed by atoms with Crippen molar-refractivity contribution in [2.24, 2.45) is 0 Å². The molecule has 0 atom stereocenters. The van der Waals surface area contributed by atoms with Gasteiger partial charge in [-0.2, -0.15) is 4.98 Å². The van der Waals surface area contributed by atoms with Crippen LogP contribution in [0.4, 0.5) is 17.3 Å². The molecule has 0 radical (unpaired) electrons. The Morgan fingerprint density at radius 2 is 1.96 bits per heavy atom. The molecule has 0 spiro atoms. The molecule has 0 amide bonds. The van der Waals surface area contributed by atoms with Crippen LogP contribution in [0.25, 0.3) is 5.65 Å². The maximum absolute atomic E-state index is 10.8. The maximum Gasteiger partial charge on any atom is 0.245 e. The molecule has 0 aliphatic carbocycles. The van der Waals surface area contributed by atoms with E-state index in [9.17, 15) is 5.21 Å². The molecule has 1 aliphatic heterocycles. The molecule has 1 aromatic carbocycles. The van der Waals surface area contributed by atoms with Crippen LogP contribution in [0.5, 0.6) is 0 Å². The van der Waals surface area contributed by atoms with Gasteiger partial charge in [-0.3, -0.25) is 0 Å². The Kier molecular flexibility index (Phi) is 4.59. The first-order valence-corrected chi connectivity index (χ1v) is 8.73. The quantitative estimate of drug-likeness (QED) is 0.680. The van der Waals surface area contributed by atoms with Gasteiger partial charge in [-0.1, -0.05) is 12.1 Å². The molecule has 8 nitrogen and oxygen atoms in total. The summed E-state index contributed by atoms with van der Waals surface area (Å²) >= 11 is 0. The van der Waals surface area contributed by atoms with Gasteiger partial charge in [0.15, 0.2) is 5.65 Å². The summed E-state index contributed by atoms with van der Waals surface area (Å²) in [6, 6.07) is 11.4. The minimum Gasteiger partial charge on any atom is -0.761 e. The summed E-state index contributed by atoms with van der Waals surface area (Å²) in [5.41, 5.74) is 5.23. The average molecular weight is 352 g/mol. The maximum atomic E-state index is 10.8. The summed E-state index contributed by atoms with van der Waals surface area (Å²) in [5.74, 6) is 0.768. The van der Waals surface area contributed by atoms with Crippen LogP contribution < -0.4 is 15.7 Å². The Morgan fingerprint density at radius 3 is 2.77 bits per heavy atom. The molecule has 1 saturated heterocycles. The molecule has 0 unspecified atom stereocenters. The molecule has 0 saturated carbocycles. The predicted octanol–water partition coefficient (Wildman–Crippen LogP) is 2.00. The van der Waals surface area contributed by atoms with Gasteiger partial charge in [-0.15, -0.1) is 5.10 Å². The van der Waals surface area contributed by atoms with Crippen molar-refractivity contribution in [2.75, 3.05) is 48.9 Å². The number of nitrogens with one attached hydrogen (secondary N) is 2. The Labute approximate surface area is 152 Å². The second-order valence-electron chi connectivity index (χ2n) is 6.55. The van der Waals surface area contributed by atoms with E-state index in [0.29, 0.717) is 12.2 Å². The number of rotatable bonds is 5. The summed E-state index contributed by atoms with van der Waals surface area (Å²) < 4.78 is 1.81. The van der Waals surface area contributed by atoms with E-state index in [0.717, 1.165) is 49.0 Å². The molecule has 0 bridgehead atoms. The van der Waals surface area contributed by atoms with Crippen molar-refractivity contribution >= 4 is 23.0 Å². The normalized spacial score (nSPS) is 15.4. The van der Waals surface area contributed by atoms with Crippen molar-refractivity contribution < 1.29 is 0 Å². The van der Waals surface area contributed by atoms with Crippen LogP contribution in [0, 0.1) is 5.21 Å². The zero-order valence-corrected chi connectivity index (χ0v) is 14.7. The fourth-order valence-corrected chi connectivity index (χ4v) is 3.12. The van der Waals surface area contributed by atoms with Gasteiger partial charge in [0.25, 0.3) is 0 Å². The summed E-state index contributed by atoms with van der Waals surface area (Å²) in [6.45, 7) is 4.51. The SMILES string of the molecule is CN1CCN(c2nc3c(NCc4cccc(N[O-])c4)cccn3n2)CC1. The van der Waals surface area contributed by atoms with Crippen molar-refractivity contribution in [1.29, 1.82) is 0 Å². The highest BCUT2D eigenvalue weighted by molar-refractivity contribution is 5.68. The van der Waals surface area contributed by atoms with Gasteiger partial charge in [0.05, 0.1) is 5.69 Å². The number of pyridine rings is 1. The highest BCUT2D eigenvalue weighted by atomic mass is 16.5. The van der Waals surface area contributed by atoms with Crippen LogP contribution >= 0.6 is 0 Å². The van der Waals surface area contributed by atoms with Crippen molar-refractivity contribution in [3.63, 3.8) is 0 Å². The van der Waals surface area contributed by atoms with E-state index in [4.69, 9.17) is 4.98 Å². The molecular formula is C18H22N7O-. The molecule has 8 heteroatoms. The lowest BCUT2D eigenvalue weighted by atomic mass is 10.2. The fraction of sp³-hybridized carbons (Fsp3) is 0.333. The fourth-order valence-electron chi connectivity index (χ4n) is 3.12. The topological polar surface area (TPSA) is 83.8 Å². The van der Waals surface area contributed by atoms with Crippen LogP contribution in [-0.2, 0) is 6.54 Å². The number of anilines is 3. The average Bonchev–Trinajstić information content (AvgIpc) is 3.12. The lowest BCUT2D eigenvalue weighted by Crippen LogP contribution is -2.44. The van der Waals surface area contributed by atoms with Crippen LogP contribution in [0.15, 0.2) is 42.6 Å². The predicted molar refractivity (Wildman–Crippen MR) is 103 cm³/mol. The number of nitrogens with zero attached hydrogens (tertiary/aromatic N) is 5. The molecule has 3 aromatic rings. The molecular weight excluding hydrogens is 330 g/mol. The largest absolute Gasteiger partial charge is 0.761 e. The Balaban J connectivity index is 1.53. The van der Waals surface area contributed by atoms with Crippen molar-refractivity contribution in [2.45, 2.75) is 6.54 Å². The zero-order valence-electron chi connectivity index (χ0n) is 14.7. The van der Waals surface area contributed by atoms with E-state index in [-0.39, 0.29) is 0 Å². The number of aromatic nitrogens is 3. The van der Waals surface area contributed by atoms with Crippen LogP contribution in [-0.4, -0.2) is 52.7 Å². The summed E-state index contributed by atoms with van der Waals surface area (Å²) in [5, 5.41) is 18.8. The van der Waals surface area contributed by atoms with Gasteiger partial charge in [0, 0.05) is 44.6 Å². The Morgan fingerprint density at radius 1 is 1.12 bits per heavy atom. The third-order valence-corrected chi connectivity index (χ3v) is 4.67. The molecule has 3 heterocycles. The highest BCUT2D eigenvalue weighted by Crippen LogP contribution is 2.20. The monoisotopic (exact) mass is 352 g/mol. The molecule has 2 N–H and O–H groups in total. The molecule has 4 rings (SSSR count). The van der Waals surface area contributed by atoms with E-state index >= 15 is 0 Å². The molecule has 136 valence electrons. The number of fused-ring (bicyclic) bond motifs is 1. The minimum absolute atomic E-state index is 0.558. The molecule has 1 fully saturated rings. The number of likely N-dealkylation sites (N-methyl/N-ethyl adjacent to an activating group) is 1. The van der Waals surface area contributed by atoms with Crippen LogP contribution in [0.1, 0.15) is 5.56 Å². The van der Waals surface area contributed by atoms with Crippen LogP contribution in [0.2, 0.25) is 0 Å². The van der Waals surface area contributed by atoms with E-state index < -0.39 is 0 Å². The number of hydrogen-bond acceptors (Lipinski definition) is 7. The standard InChI is InChI=1S/C18H22N7O/c1-23-8-10-24(11-9-23)18-20-17-16(6-3-7-25(17)21-18)19-13-14-4-2-5-15(12-14)22-26/h2-7,12,19,22H,8-11,13H2,1H3/q-1.